The van der Waals surface area contributed by atoms with E-state index in [0.717, 1.165) is 16.9 Å². The number of carbonyl (C=O) groups is 2. The molecule has 1 aromatic heterocycles. The molecule has 10 heteroatoms. The topological polar surface area (TPSA) is 93.6 Å². The maximum Gasteiger partial charge on any atom is 0.340 e. The highest BCUT2D eigenvalue weighted by atomic mass is 35.5. The van der Waals surface area contributed by atoms with Crippen molar-refractivity contribution in [2.75, 3.05) is 18.5 Å². The van der Waals surface area contributed by atoms with Crippen molar-refractivity contribution < 1.29 is 19.1 Å². The molecule has 190 valence electrons. The summed E-state index contributed by atoms with van der Waals surface area (Å²) in [6, 6.07) is 22.0. The van der Waals surface area contributed by atoms with Gasteiger partial charge < -0.3 is 19.4 Å². The largest absolute Gasteiger partial charge is 0.484 e. The molecule has 0 aliphatic carbocycles. The molecule has 8 nitrogen and oxygen atoms in total. The van der Waals surface area contributed by atoms with E-state index in [9.17, 15) is 9.59 Å². The number of thiocarbonyl (C=S) groups is 1. The van der Waals surface area contributed by atoms with E-state index in [1.807, 2.05) is 60.0 Å². The van der Waals surface area contributed by atoms with Gasteiger partial charge in [0, 0.05) is 27.5 Å². The molecule has 0 unspecified atom stereocenters. The van der Waals surface area contributed by atoms with Crippen molar-refractivity contribution in [1.82, 2.24) is 15.4 Å². The second kappa shape index (κ2) is 11.8. The maximum atomic E-state index is 12.8. The molecule has 0 radical (unpaired) electrons. The predicted octanol–water partition coefficient (Wildman–Crippen LogP) is 5.17. The summed E-state index contributed by atoms with van der Waals surface area (Å²) in [6.07, 6.45) is 0. The van der Waals surface area contributed by atoms with Crippen LogP contribution in [0.5, 0.6) is 5.75 Å². The fraction of sp³-hybridized carbons (Fsp3) is 0.148. The van der Waals surface area contributed by atoms with E-state index in [-0.39, 0.29) is 18.3 Å². The van der Waals surface area contributed by atoms with Crippen LogP contribution in [0, 0.1) is 6.92 Å². The van der Waals surface area contributed by atoms with Crippen molar-refractivity contribution in [3.63, 3.8) is 0 Å². The summed E-state index contributed by atoms with van der Waals surface area (Å²) in [5, 5.41) is 4.45. The van der Waals surface area contributed by atoms with Crippen molar-refractivity contribution in [1.29, 1.82) is 0 Å². The molecule has 4 aromatic rings. The van der Waals surface area contributed by atoms with E-state index in [1.165, 1.54) is 0 Å². The smallest absolute Gasteiger partial charge is 0.340 e. The fourth-order valence-electron chi connectivity index (χ4n) is 3.87. The summed E-state index contributed by atoms with van der Waals surface area (Å²) in [5.74, 6) is -0.444. The van der Waals surface area contributed by atoms with Gasteiger partial charge in [-0.05, 0) is 80.7 Å². The van der Waals surface area contributed by atoms with Crippen LogP contribution >= 0.6 is 23.8 Å². The standard InChI is InChI=1S/C27H25ClN4O4S/c1-3-35-26(34)25-17(2)32(20-11-9-18(28)10-12-20)23-14-13-21(15-22(23)25)36-16-24(33)30-31-27(37)29-19-7-5-4-6-8-19/h4-15H,3,16H2,1-2H3,(H,30,33)(H2,29,31,37). The van der Waals surface area contributed by atoms with E-state index >= 15 is 0 Å². The molecule has 0 spiro atoms. The Kier molecular flexibility index (Phi) is 8.27. The van der Waals surface area contributed by atoms with Gasteiger partial charge >= 0.3 is 5.97 Å². The number of ether oxygens (including phenoxy) is 2. The molecule has 3 N–H and O–H groups in total. The molecule has 37 heavy (non-hydrogen) atoms. The van der Waals surface area contributed by atoms with Crippen LogP contribution in [-0.4, -0.2) is 34.8 Å². The first-order valence-electron chi connectivity index (χ1n) is 11.5. The average Bonchev–Trinajstić information content (AvgIpc) is 3.18. The van der Waals surface area contributed by atoms with Crippen LogP contribution in [-0.2, 0) is 9.53 Å². The third-order valence-corrected chi connectivity index (χ3v) is 5.91. The summed E-state index contributed by atoms with van der Waals surface area (Å²) in [5.41, 5.74) is 8.70. The fourth-order valence-corrected chi connectivity index (χ4v) is 4.16. The SMILES string of the molecule is CCOC(=O)c1c(C)n(-c2ccc(Cl)cc2)c2ccc(OCC(=O)NNC(=S)Nc3ccccc3)cc12. The highest BCUT2D eigenvalue weighted by Gasteiger charge is 2.22. The third-order valence-electron chi connectivity index (χ3n) is 5.46. The van der Waals surface area contributed by atoms with Crippen molar-refractivity contribution in [3.8, 4) is 11.4 Å². The molecular formula is C27H25ClN4O4S. The van der Waals surface area contributed by atoms with Crippen molar-refractivity contribution >= 4 is 57.4 Å². The van der Waals surface area contributed by atoms with E-state index in [4.69, 9.17) is 33.3 Å². The van der Waals surface area contributed by atoms with Gasteiger partial charge in [-0.2, -0.15) is 0 Å². The summed E-state index contributed by atoms with van der Waals surface area (Å²) in [6.45, 7) is 3.59. The third kappa shape index (κ3) is 6.19. The number of aromatic nitrogens is 1. The Labute approximate surface area is 224 Å². The van der Waals surface area contributed by atoms with E-state index < -0.39 is 11.9 Å². The number of nitrogens with one attached hydrogen (secondary N) is 3. The Morgan fingerprint density at radius 1 is 1.00 bits per heavy atom. The van der Waals surface area contributed by atoms with E-state index in [2.05, 4.69) is 16.2 Å². The van der Waals surface area contributed by atoms with Gasteiger partial charge in [0.05, 0.1) is 17.7 Å². The number of rotatable bonds is 7. The number of amides is 1. The Hall–Kier alpha value is -4.08. The number of halogens is 1. The number of fused-ring (bicyclic) bond motifs is 1. The van der Waals surface area contributed by atoms with Crippen LogP contribution in [0.25, 0.3) is 16.6 Å². The number of carbonyl (C=O) groups excluding carboxylic acids is 2. The van der Waals surface area contributed by atoms with Crippen molar-refractivity contribution in [3.05, 3.63) is 89.1 Å². The van der Waals surface area contributed by atoms with Gasteiger partial charge in [-0.3, -0.25) is 15.6 Å². The van der Waals surface area contributed by atoms with Gasteiger partial charge in [-0.25, -0.2) is 4.79 Å². The number of esters is 1. The zero-order chi connectivity index (χ0) is 26.4. The van der Waals surface area contributed by atoms with Gasteiger partial charge in [-0.1, -0.05) is 29.8 Å². The summed E-state index contributed by atoms with van der Waals surface area (Å²) in [7, 11) is 0. The number of benzene rings is 3. The molecule has 0 fully saturated rings. The highest BCUT2D eigenvalue weighted by Crippen LogP contribution is 2.33. The van der Waals surface area contributed by atoms with Crippen molar-refractivity contribution in [2.24, 2.45) is 0 Å². The molecule has 0 saturated heterocycles. The lowest BCUT2D eigenvalue weighted by atomic mass is 10.1. The minimum absolute atomic E-state index is 0.235. The second-order valence-corrected chi connectivity index (χ2v) is 8.80. The lowest BCUT2D eigenvalue weighted by Crippen LogP contribution is -2.45. The Bertz CT molecular complexity index is 1440. The average molecular weight is 537 g/mol. The molecule has 0 aliphatic rings. The minimum Gasteiger partial charge on any atom is -0.484 e. The monoisotopic (exact) mass is 536 g/mol. The minimum atomic E-state index is -0.434. The van der Waals surface area contributed by atoms with Crippen LogP contribution in [0.15, 0.2) is 72.8 Å². The zero-order valence-corrected chi connectivity index (χ0v) is 21.8. The van der Waals surface area contributed by atoms with Crippen molar-refractivity contribution in [2.45, 2.75) is 13.8 Å². The Balaban J connectivity index is 1.49. The zero-order valence-electron chi connectivity index (χ0n) is 20.2. The maximum absolute atomic E-state index is 12.8. The molecule has 0 bridgehead atoms. The van der Waals surface area contributed by atoms with Crippen LogP contribution in [0.4, 0.5) is 5.69 Å². The van der Waals surface area contributed by atoms with E-state index in [1.54, 1.807) is 31.2 Å². The quantitative estimate of drug-likeness (QED) is 0.170. The van der Waals surface area contributed by atoms with Gasteiger partial charge in [0.2, 0.25) is 0 Å². The van der Waals surface area contributed by atoms with Crippen LogP contribution in [0.2, 0.25) is 5.02 Å². The summed E-state index contributed by atoms with van der Waals surface area (Å²) < 4.78 is 13.0. The van der Waals surface area contributed by atoms with Gasteiger partial charge in [0.15, 0.2) is 11.7 Å². The Morgan fingerprint density at radius 3 is 2.43 bits per heavy atom. The number of anilines is 1. The summed E-state index contributed by atoms with van der Waals surface area (Å²) >= 11 is 11.2. The number of hydrogen-bond acceptors (Lipinski definition) is 5. The van der Waals surface area contributed by atoms with Crippen LogP contribution in [0.1, 0.15) is 23.0 Å². The first-order valence-corrected chi connectivity index (χ1v) is 12.3. The number of para-hydroxylation sites is 1. The normalized spacial score (nSPS) is 10.6. The molecule has 1 amide bonds. The van der Waals surface area contributed by atoms with Crippen LogP contribution < -0.4 is 20.9 Å². The number of hydrazine groups is 1. The number of nitrogens with zero attached hydrogens (tertiary/aromatic N) is 1. The molecule has 0 atom stereocenters. The predicted molar refractivity (Wildman–Crippen MR) is 148 cm³/mol. The molecule has 1 heterocycles. The molecule has 0 aliphatic heterocycles. The van der Waals surface area contributed by atoms with Gasteiger partial charge in [0.25, 0.3) is 5.91 Å². The van der Waals surface area contributed by atoms with Crippen LogP contribution in [0.3, 0.4) is 0 Å². The first kappa shape index (κ1) is 26.0. The molecular weight excluding hydrogens is 512 g/mol. The lowest BCUT2D eigenvalue weighted by molar-refractivity contribution is -0.123. The highest BCUT2D eigenvalue weighted by molar-refractivity contribution is 7.80. The Morgan fingerprint density at radius 2 is 1.73 bits per heavy atom. The number of hydrogen-bond donors (Lipinski definition) is 3. The first-order chi connectivity index (χ1) is 17.9. The van der Waals surface area contributed by atoms with Gasteiger partial charge in [0.1, 0.15) is 5.75 Å². The molecule has 4 rings (SSSR count). The second-order valence-electron chi connectivity index (χ2n) is 7.95. The molecule has 0 saturated carbocycles. The van der Waals surface area contributed by atoms with E-state index in [0.29, 0.717) is 27.4 Å². The van der Waals surface area contributed by atoms with Gasteiger partial charge in [-0.15, -0.1) is 0 Å². The molecule has 3 aromatic carbocycles. The lowest BCUT2D eigenvalue weighted by Gasteiger charge is -2.12. The summed E-state index contributed by atoms with van der Waals surface area (Å²) in [4.78, 5) is 25.1.